The Balaban J connectivity index is 1.73. The van der Waals surface area contributed by atoms with Gasteiger partial charge in [0, 0.05) is 18.7 Å². The van der Waals surface area contributed by atoms with Crippen LogP contribution in [0.4, 0.5) is 0 Å². The summed E-state index contributed by atoms with van der Waals surface area (Å²) in [7, 11) is 0. The molecule has 0 radical (unpaired) electrons. The molecule has 0 spiro atoms. The van der Waals surface area contributed by atoms with Gasteiger partial charge in [0.25, 0.3) is 0 Å². The van der Waals surface area contributed by atoms with E-state index in [-0.39, 0.29) is 0 Å². The third-order valence-electron chi connectivity index (χ3n) is 3.59. The van der Waals surface area contributed by atoms with Crippen molar-refractivity contribution < 1.29 is 9.21 Å². The number of hydrazine groups is 1. The molecule has 2 aromatic rings. The number of fused-ring (bicyclic) bond motifs is 1. The number of nitrogens with one attached hydrogen (secondary N) is 1. The molecule has 0 unspecified atom stereocenters. The van der Waals surface area contributed by atoms with Crippen LogP contribution in [0.1, 0.15) is 33.0 Å². The molecule has 20 heavy (non-hydrogen) atoms. The molecule has 1 aromatic carbocycles. The van der Waals surface area contributed by atoms with E-state index in [2.05, 4.69) is 34.6 Å². The summed E-state index contributed by atoms with van der Waals surface area (Å²) >= 11 is 0. The second-order valence-corrected chi connectivity index (χ2v) is 5.11. The summed E-state index contributed by atoms with van der Waals surface area (Å²) in [4.78, 5) is 13.8. The molecule has 2 heterocycles. The normalized spacial score (nSPS) is 14.3. The van der Waals surface area contributed by atoms with E-state index < -0.39 is 5.91 Å². The van der Waals surface area contributed by atoms with E-state index in [0.29, 0.717) is 12.3 Å². The first kappa shape index (κ1) is 12.9. The molecule has 5 heteroatoms. The number of nitrogen functional groups attached to an aromatic ring is 1. The molecule has 0 saturated carbocycles. The third-order valence-corrected chi connectivity index (χ3v) is 3.59. The summed E-state index contributed by atoms with van der Waals surface area (Å²) < 4.78 is 5.59. The van der Waals surface area contributed by atoms with Crippen LogP contribution in [0.25, 0.3) is 0 Å². The number of carbonyl (C=O) groups excluding carboxylic acids is 1. The van der Waals surface area contributed by atoms with E-state index in [1.165, 1.54) is 11.1 Å². The van der Waals surface area contributed by atoms with Crippen molar-refractivity contribution in [2.75, 3.05) is 0 Å². The molecule has 3 rings (SSSR count). The number of nitrogens with two attached hydrogens (primary N) is 1. The fourth-order valence-electron chi connectivity index (χ4n) is 2.65. The van der Waals surface area contributed by atoms with E-state index in [4.69, 9.17) is 10.3 Å². The zero-order valence-corrected chi connectivity index (χ0v) is 11.3. The lowest BCUT2D eigenvalue weighted by Gasteiger charge is -2.12. The number of nitrogens with zero attached hydrogens (tertiary/aromatic N) is 1. The lowest BCUT2D eigenvalue weighted by Crippen LogP contribution is -2.30. The maximum Gasteiger partial charge on any atom is 0.301 e. The predicted octanol–water partition coefficient (Wildman–Crippen LogP) is 1.71. The Hall–Kier alpha value is -2.11. The van der Waals surface area contributed by atoms with Crippen LogP contribution in [0.3, 0.4) is 0 Å². The first-order valence-corrected chi connectivity index (χ1v) is 6.57. The molecule has 0 fully saturated rings. The van der Waals surface area contributed by atoms with Crippen molar-refractivity contribution in [2.45, 2.75) is 26.6 Å². The zero-order chi connectivity index (χ0) is 14.1. The second-order valence-electron chi connectivity index (χ2n) is 5.11. The number of furan rings is 1. The van der Waals surface area contributed by atoms with Gasteiger partial charge in [-0.15, -0.1) is 0 Å². The highest BCUT2D eigenvalue weighted by atomic mass is 16.4. The minimum absolute atomic E-state index is 0.291. The molecule has 0 saturated heterocycles. The number of benzene rings is 1. The summed E-state index contributed by atoms with van der Waals surface area (Å²) in [5.41, 5.74) is 5.62. The van der Waals surface area contributed by atoms with Crippen LogP contribution in [-0.2, 0) is 19.6 Å². The lowest BCUT2D eigenvalue weighted by molar-refractivity contribution is 0.0921. The van der Waals surface area contributed by atoms with Crippen molar-refractivity contribution in [1.29, 1.82) is 0 Å². The molecule has 104 valence electrons. The largest absolute Gasteiger partial charge is 0.454 e. The SMILES string of the molecule is Cc1cc(CN2Cc3ccccc3C2)oc1C(=O)NN. The van der Waals surface area contributed by atoms with Gasteiger partial charge in [0.1, 0.15) is 5.76 Å². The van der Waals surface area contributed by atoms with Crippen molar-refractivity contribution in [1.82, 2.24) is 10.3 Å². The Kier molecular flexibility index (Phi) is 3.30. The number of amides is 1. The number of carbonyl (C=O) groups is 1. The molecule has 5 nitrogen and oxygen atoms in total. The van der Waals surface area contributed by atoms with Gasteiger partial charge in [-0.2, -0.15) is 0 Å². The van der Waals surface area contributed by atoms with Crippen molar-refractivity contribution in [2.24, 2.45) is 5.84 Å². The molecule has 1 amide bonds. The molecular weight excluding hydrogens is 254 g/mol. The van der Waals surface area contributed by atoms with Gasteiger partial charge in [0.15, 0.2) is 5.76 Å². The Morgan fingerprint density at radius 2 is 2.00 bits per heavy atom. The minimum atomic E-state index is -0.390. The fraction of sp³-hybridized carbons (Fsp3) is 0.267. The molecule has 1 aromatic heterocycles. The van der Waals surface area contributed by atoms with Crippen LogP contribution in [0.5, 0.6) is 0 Å². The van der Waals surface area contributed by atoms with Gasteiger partial charge < -0.3 is 4.42 Å². The number of hydrogen-bond acceptors (Lipinski definition) is 4. The maximum absolute atomic E-state index is 11.5. The van der Waals surface area contributed by atoms with Crippen LogP contribution in [-0.4, -0.2) is 10.8 Å². The molecule has 0 bridgehead atoms. The molecule has 1 aliphatic rings. The molecule has 3 N–H and O–H groups in total. The first-order chi connectivity index (χ1) is 9.67. The Morgan fingerprint density at radius 1 is 1.35 bits per heavy atom. The highest BCUT2D eigenvalue weighted by Crippen LogP contribution is 2.25. The smallest absolute Gasteiger partial charge is 0.301 e. The first-order valence-electron chi connectivity index (χ1n) is 6.57. The molecule has 1 aliphatic heterocycles. The number of aryl methyl sites for hydroxylation is 1. The molecular formula is C15H17N3O2. The van der Waals surface area contributed by atoms with Crippen molar-refractivity contribution >= 4 is 5.91 Å². The van der Waals surface area contributed by atoms with Gasteiger partial charge >= 0.3 is 5.91 Å². The van der Waals surface area contributed by atoms with Gasteiger partial charge in [0.05, 0.1) is 6.54 Å². The van der Waals surface area contributed by atoms with Crippen molar-refractivity contribution in [3.63, 3.8) is 0 Å². The fourth-order valence-corrected chi connectivity index (χ4v) is 2.65. The average molecular weight is 271 g/mol. The van der Waals surface area contributed by atoms with Gasteiger partial charge in [-0.05, 0) is 24.1 Å². The van der Waals surface area contributed by atoms with E-state index in [1.54, 1.807) is 0 Å². The summed E-state index contributed by atoms with van der Waals surface area (Å²) in [6.45, 7) is 4.35. The van der Waals surface area contributed by atoms with Gasteiger partial charge in [-0.3, -0.25) is 15.1 Å². The maximum atomic E-state index is 11.5. The van der Waals surface area contributed by atoms with Crippen LogP contribution >= 0.6 is 0 Å². The van der Waals surface area contributed by atoms with Crippen LogP contribution < -0.4 is 11.3 Å². The van der Waals surface area contributed by atoms with Crippen LogP contribution in [0.2, 0.25) is 0 Å². The molecule has 0 atom stereocenters. The van der Waals surface area contributed by atoms with Crippen LogP contribution in [0, 0.1) is 6.92 Å². The van der Waals surface area contributed by atoms with E-state index >= 15 is 0 Å². The highest BCUT2D eigenvalue weighted by molar-refractivity contribution is 5.92. The Bertz CT molecular complexity index is 623. The van der Waals surface area contributed by atoms with Gasteiger partial charge in [0.2, 0.25) is 0 Å². The van der Waals surface area contributed by atoms with Gasteiger partial charge in [-0.1, -0.05) is 24.3 Å². The summed E-state index contributed by atoms with van der Waals surface area (Å²) in [6.07, 6.45) is 0. The predicted molar refractivity (Wildman–Crippen MR) is 74.5 cm³/mol. The van der Waals surface area contributed by atoms with Crippen molar-refractivity contribution in [3.05, 3.63) is 58.5 Å². The van der Waals surface area contributed by atoms with Crippen molar-refractivity contribution in [3.8, 4) is 0 Å². The Labute approximate surface area is 117 Å². The van der Waals surface area contributed by atoms with E-state index in [9.17, 15) is 4.79 Å². The number of hydrogen-bond donors (Lipinski definition) is 2. The summed E-state index contributed by atoms with van der Waals surface area (Å²) in [5, 5.41) is 0. The quantitative estimate of drug-likeness (QED) is 0.506. The highest BCUT2D eigenvalue weighted by Gasteiger charge is 2.21. The Morgan fingerprint density at radius 3 is 2.60 bits per heavy atom. The molecule has 0 aliphatic carbocycles. The number of rotatable bonds is 3. The summed E-state index contributed by atoms with van der Waals surface area (Å²) in [6, 6.07) is 10.3. The monoisotopic (exact) mass is 271 g/mol. The van der Waals surface area contributed by atoms with E-state index in [1.807, 2.05) is 13.0 Å². The summed E-state index contributed by atoms with van der Waals surface area (Å²) in [5.74, 6) is 5.82. The topological polar surface area (TPSA) is 71.5 Å². The van der Waals surface area contributed by atoms with E-state index in [0.717, 1.165) is 24.4 Å². The standard InChI is InChI=1S/C15H17N3O2/c1-10-6-13(20-14(10)15(19)17-16)9-18-7-11-4-2-3-5-12(11)8-18/h2-6H,7-9,16H2,1H3,(H,17,19). The minimum Gasteiger partial charge on any atom is -0.454 e. The second kappa shape index (κ2) is 5.11. The third kappa shape index (κ3) is 2.33. The van der Waals surface area contributed by atoms with Crippen LogP contribution in [0.15, 0.2) is 34.7 Å². The zero-order valence-electron chi connectivity index (χ0n) is 11.3. The lowest BCUT2D eigenvalue weighted by atomic mass is 10.1. The van der Waals surface area contributed by atoms with Gasteiger partial charge in [-0.25, -0.2) is 5.84 Å². The average Bonchev–Trinajstić information content (AvgIpc) is 3.01.